The van der Waals surface area contributed by atoms with Gasteiger partial charge in [-0.15, -0.1) is 0 Å². The summed E-state index contributed by atoms with van der Waals surface area (Å²) in [5.41, 5.74) is 1.15. The van der Waals surface area contributed by atoms with Crippen molar-refractivity contribution >= 4 is 11.5 Å². The SMILES string of the molecule is O=C(c1ccc(C2=NC=CC3C=CC=CC23)cc1)C(F)(F)F. The smallest absolute Gasteiger partial charge is 0.284 e. The summed E-state index contributed by atoms with van der Waals surface area (Å²) < 4.78 is 37.2. The molecule has 2 aliphatic rings. The molecule has 0 saturated heterocycles. The molecule has 112 valence electrons. The fraction of sp³-hybridized carbons (Fsp3) is 0.176. The van der Waals surface area contributed by atoms with E-state index in [0.717, 1.165) is 11.3 Å². The number of carbonyl (C=O) groups is 1. The Bertz CT molecular complexity index is 708. The molecule has 3 rings (SSSR count). The number of rotatable bonds is 2. The van der Waals surface area contributed by atoms with Gasteiger partial charge < -0.3 is 0 Å². The minimum atomic E-state index is -4.85. The molecule has 1 heterocycles. The van der Waals surface area contributed by atoms with Crippen LogP contribution in [0.5, 0.6) is 0 Å². The first-order valence-electron chi connectivity index (χ1n) is 6.78. The van der Waals surface area contributed by atoms with E-state index in [1.165, 1.54) is 24.3 Å². The van der Waals surface area contributed by atoms with E-state index in [4.69, 9.17) is 0 Å². The highest BCUT2D eigenvalue weighted by molar-refractivity contribution is 6.06. The lowest BCUT2D eigenvalue weighted by Crippen LogP contribution is -2.25. The molecule has 0 N–H and O–H groups in total. The summed E-state index contributed by atoms with van der Waals surface area (Å²) in [5, 5.41) is 0. The van der Waals surface area contributed by atoms with Gasteiger partial charge in [-0.05, 0) is 5.56 Å². The third-order valence-electron chi connectivity index (χ3n) is 3.72. The Morgan fingerprint density at radius 3 is 2.36 bits per heavy atom. The number of hydrogen-bond acceptors (Lipinski definition) is 2. The molecule has 0 amide bonds. The van der Waals surface area contributed by atoms with Crippen molar-refractivity contribution in [2.75, 3.05) is 0 Å². The number of alkyl halides is 3. The number of hydrogen-bond donors (Lipinski definition) is 0. The van der Waals surface area contributed by atoms with Crippen LogP contribution in [0, 0.1) is 11.8 Å². The minimum absolute atomic E-state index is 0.0687. The molecule has 22 heavy (non-hydrogen) atoms. The molecule has 2 unspecified atom stereocenters. The van der Waals surface area contributed by atoms with Crippen LogP contribution in [0.3, 0.4) is 0 Å². The second-order valence-electron chi connectivity index (χ2n) is 5.13. The first-order valence-corrected chi connectivity index (χ1v) is 6.78. The third-order valence-corrected chi connectivity index (χ3v) is 3.72. The maximum Gasteiger partial charge on any atom is 0.454 e. The molecular formula is C17H12F3NO. The van der Waals surface area contributed by atoms with Gasteiger partial charge in [0.15, 0.2) is 0 Å². The lowest BCUT2D eigenvalue weighted by atomic mass is 9.81. The van der Waals surface area contributed by atoms with Gasteiger partial charge in [0.2, 0.25) is 0 Å². The van der Waals surface area contributed by atoms with E-state index in [1.54, 1.807) is 6.20 Å². The number of benzene rings is 1. The zero-order valence-electron chi connectivity index (χ0n) is 11.4. The van der Waals surface area contributed by atoms with Crippen LogP contribution in [0.25, 0.3) is 0 Å². The fourth-order valence-electron chi connectivity index (χ4n) is 2.61. The monoisotopic (exact) mass is 303 g/mol. The Kier molecular flexibility index (Phi) is 3.56. The number of ketones is 1. The summed E-state index contributed by atoms with van der Waals surface area (Å²) in [6.07, 6.45) is 6.79. The van der Waals surface area contributed by atoms with Gasteiger partial charge in [0.05, 0.1) is 5.71 Å². The van der Waals surface area contributed by atoms with Crippen molar-refractivity contribution in [3.63, 3.8) is 0 Å². The van der Waals surface area contributed by atoms with Crippen LogP contribution < -0.4 is 0 Å². The molecule has 0 bridgehead atoms. The second-order valence-corrected chi connectivity index (χ2v) is 5.13. The molecule has 0 aromatic heterocycles. The molecule has 0 radical (unpaired) electrons. The Hall–Kier alpha value is -2.43. The second kappa shape index (κ2) is 5.40. The zero-order chi connectivity index (χ0) is 15.7. The average molecular weight is 303 g/mol. The number of Topliss-reactive ketones (excluding diaryl/α,β-unsaturated/α-hetero) is 1. The van der Waals surface area contributed by atoms with Crippen molar-refractivity contribution in [2.24, 2.45) is 16.8 Å². The minimum Gasteiger partial charge on any atom is -0.284 e. The highest BCUT2D eigenvalue weighted by atomic mass is 19.4. The number of aliphatic imine (C=N–C) groups is 1. The predicted molar refractivity (Wildman–Crippen MR) is 77.8 cm³/mol. The number of nitrogens with zero attached hydrogens (tertiary/aromatic N) is 1. The van der Waals surface area contributed by atoms with E-state index in [2.05, 4.69) is 11.1 Å². The molecule has 5 heteroatoms. The highest BCUT2D eigenvalue weighted by Gasteiger charge is 2.39. The topological polar surface area (TPSA) is 29.4 Å². The van der Waals surface area contributed by atoms with Gasteiger partial charge >= 0.3 is 6.18 Å². The molecular weight excluding hydrogens is 291 g/mol. The molecule has 0 spiro atoms. The normalized spacial score (nSPS) is 23.1. The van der Waals surface area contributed by atoms with Crippen molar-refractivity contribution < 1.29 is 18.0 Å². The maximum atomic E-state index is 12.4. The first kappa shape index (κ1) is 14.5. The lowest BCUT2D eigenvalue weighted by molar-refractivity contribution is -0.0885. The summed E-state index contributed by atoms with van der Waals surface area (Å²) in [5.74, 6) is -1.56. The quantitative estimate of drug-likeness (QED) is 0.756. The van der Waals surface area contributed by atoms with Gasteiger partial charge in [0.1, 0.15) is 0 Å². The van der Waals surface area contributed by atoms with Crippen LogP contribution in [0.2, 0.25) is 0 Å². The number of carbonyl (C=O) groups excluding carboxylic acids is 1. The van der Waals surface area contributed by atoms with Crippen molar-refractivity contribution in [3.05, 3.63) is 72.0 Å². The van der Waals surface area contributed by atoms with Crippen molar-refractivity contribution in [1.82, 2.24) is 0 Å². The van der Waals surface area contributed by atoms with E-state index in [9.17, 15) is 18.0 Å². The van der Waals surface area contributed by atoms with Gasteiger partial charge in [0, 0.05) is 23.6 Å². The Balaban J connectivity index is 1.89. The standard InChI is InChI=1S/C17H12F3NO/c18-17(19,20)16(22)13-7-5-12(6-8-13)15-14-4-2-1-3-11(14)9-10-21-15/h1-11,14H. The molecule has 1 aliphatic carbocycles. The Morgan fingerprint density at radius 1 is 1.00 bits per heavy atom. The molecule has 0 fully saturated rings. The van der Waals surface area contributed by atoms with Gasteiger partial charge in [-0.1, -0.05) is 54.6 Å². The van der Waals surface area contributed by atoms with E-state index < -0.39 is 12.0 Å². The third kappa shape index (κ3) is 2.66. The van der Waals surface area contributed by atoms with Gasteiger partial charge in [0.25, 0.3) is 5.78 Å². The molecule has 1 aromatic rings. The molecule has 2 nitrogen and oxygen atoms in total. The van der Waals surface area contributed by atoms with E-state index in [1.807, 2.05) is 24.3 Å². The zero-order valence-corrected chi connectivity index (χ0v) is 11.4. The van der Waals surface area contributed by atoms with Gasteiger partial charge in [-0.2, -0.15) is 13.2 Å². The van der Waals surface area contributed by atoms with Crippen molar-refractivity contribution in [1.29, 1.82) is 0 Å². The largest absolute Gasteiger partial charge is 0.454 e. The molecule has 1 aliphatic heterocycles. The van der Waals surface area contributed by atoms with Crippen LogP contribution in [-0.4, -0.2) is 17.7 Å². The highest BCUT2D eigenvalue weighted by Crippen LogP contribution is 2.29. The Morgan fingerprint density at radius 2 is 1.68 bits per heavy atom. The van der Waals surface area contributed by atoms with Crippen LogP contribution in [0.4, 0.5) is 13.2 Å². The summed E-state index contributed by atoms with van der Waals surface area (Å²) >= 11 is 0. The van der Waals surface area contributed by atoms with Gasteiger partial charge in [-0.25, -0.2) is 0 Å². The van der Waals surface area contributed by atoms with Crippen LogP contribution in [0.15, 0.2) is 65.8 Å². The van der Waals surface area contributed by atoms with E-state index >= 15 is 0 Å². The fourth-order valence-corrected chi connectivity index (χ4v) is 2.61. The summed E-state index contributed by atoms with van der Waals surface area (Å²) in [4.78, 5) is 15.5. The van der Waals surface area contributed by atoms with E-state index in [-0.39, 0.29) is 17.4 Å². The maximum absolute atomic E-state index is 12.4. The van der Waals surface area contributed by atoms with Crippen molar-refractivity contribution in [3.8, 4) is 0 Å². The first-order chi connectivity index (χ1) is 10.5. The number of fused-ring (bicyclic) bond motifs is 1. The molecule has 2 atom stereocenters. The van der Waals surface area contributed by atoms with Crippen molar-refractivity contribution in [2.45, 2.75) is 6.18 Å². The van der Waals surface area contributed by atoms with Crippen LogP contribution in [0.1, 0.15) is 15.9 Å². The number of halogens is 3. The van der Waals surface area contributed by atoms with E-state index in [0.29, 0.717) is 0 Å². The molecule has 0 saturated carbocycles. The summed E-state index contributed by atoms with van der Waals surface area (Å²) in [7, 11) is 0. The summed E-state index contributed by atoms with van der Waals surface area (Å²) in [6, 6.07) is 5.42. The molecule has 1 aromatic carbocycles. The van der Waals surface area contributed by atoms with Crippen LogP contribution >= 0.6 is 0 Å². The lowest BCUT2D eigenvalue weighted by Gasteiger charge is -2.26. The predicted octanol–water partition coefficient (Wildman–Crippen LogP) is 4.11. The van der Waals surface area contributed by atoms with Gasteiger partial charge in [-0.3, -0.25) is 9.79 Å². The Labute approximate surface area is 125 Å². The summed E-state index contributed by atoms with van der Waals surface area (Å²) in [6.45, 7) is 0. The van der Waals surface area contributed by atoms with Crippen LogP contribution in [-0.2, 0) is 0 Å². The average Bonchev–Trinajstić information content (AvgIpc) is 2.53. The number of allylic oxidation sites excluding steroid dienone is 5.